The Bertz CT molecular complexity index is 112. The van der Waals surface area contributed by atoms with Crippen molar-refractivity contribution in [1.82, 2.24) is 0 Å². The quantitative estimate of drug-likeness (QED) is 0.522. The van der Waals surface area contributed by atoms with Gasteiger partial charge in [-0.2, -0.15) is 0 Å². The van der Waals surface area contributed by atoms with Crippen LogP contribution in [-0.2, 0) is 0 Å². The minimum atomic E-state index is 0. The van der Waals surface area contributed by atoms with Crippen LogP contribution in [0.25, 0.3) is 0 Å². The van der Waals surface area contributed by atoms with Crippen LogP contribution in [0.4, 0.5) is 0 Å². The van der Waals surface area contributed by atoms with Crippen LogP contribution in [0.3, 0.4) is 0 Å². The minimum absolute atomic E-state index is 0. The molecule has 1 fully saturated rings. The van der Waals surface area contributed by atoms with Gasteiger partial charge in [-0.3, -0.25) is 0 Å². The number of allylic oxidation sites excluding steroid dienone is 1. The summed E-state index contributed by atoms with van der Waals surface area (Å²) in [5, 5.41) is 0. The maximum atomic E-state index is 3.93. The Kier molecular flexibility index (Phi) is 6.14. The number of hydrogen-bond donors (Lipinski definition) is 0. The monoisotopic (exact) mass is 170 g/mol. The molecule has 0 radical (unpaired) electrons. The molecule has 0 aliphatic heterocycles. The lowest BCUT2D eigenvalue weighted by atomic mass is 9.72. The molecule has 0 unspecified atom stereocenters. The van der Waals surface area contributed by atoms with Crippen molar-refractivity contribution in [2.45, 2.75) is 59.3 Å². The van der Waals surface area contributed by atoms with E-state index in [2.05, 4.69) is 19.6 Å². The standard InChI is InChI=1S/C10H18.C2H6.H2/c1-3-10(4-2)8-6-5-7-9-10;1-2;/h3H,1,4-9H2,2H3;1-2H3;1H. The van der Waals surface area contributed by atoms with E-state index in [1.807, 2.05) is 13.8 Å². The molecule has 0 nitrogen and oxygen atoms in total. The van der Waals surface area contributed by atoms with Crippen LogP contribution in [-0.4, -0.2) is 0 Å². The summed E-state index contributed by atoms with van der Waals surface area (Å²) >= 11 is 0. The molecule has 1 rings (SSSR count). The van der Waals surface area contributed by atoms with E-state index in [1.54, 1.807) is 0 Å². The molecule has 74 valence electrons. The van der Waals surface area contributed by atoms with E-state index in [4.69, 9.17) is 0 Å². The van der Waals surface area contributed by atoms with Gasteiger partial charge in [0.25, 0.3) is 0 Å². The molecule has 1 saturated carbocycles. The molecule has 0 saturated heterocycles. The second-order valence-corrected chi connectivity index (χ2v) is 3.48. The second-order valence-electron chi connectivity index (χ2n) is 3.48. The van der Waals surface area contributed by atoms with Crippen LogP contribution < -0.4 is 0 Å². The molecule has 0 bridgehead atoms. The molecular weight excluding hydrogens is 144 g/mol. The molecule has 0 aromatic carbocycles. The fraction of sp³-hybridized carbons (Fsp3) is 0.833. The lowest BCUT2D eigenvalue weighted by molar-refractivity contribution is 0.249. The summed E-state index contributed by atoms with van der Waals surface area (Å²) in [5.74, 6) is 0. The summed E-state index contributed by atoms with van der Waals surface area (Å²) in [6, 6.07) is 0. The van der Waals surface area contributed by atoms with Gasteiger partial charge < -0.3 is 0 Å². The van der Waals surface area contributed by atoms with Crippen molar-refractivity contribution in [2.24, 2.45) is 5.41 Å². The number of hydrogen-bond acceptors (Lipinski definition) is 0. The molecule has 0 aromatic heterocycles. The van der Waals surface area contributed by atoms with Crippen LogP contribution in [0, 0.1) is 5.41 Å². The molecule has 0 heterocycles. The highest BCUT2D eigenvalue weighted by Gasteiger charge is 2.25. The van der Waals surface area contributed by atoms with E-state index in [9.17, 15) is 0 Å². The molecular formula is C12H26. The van der Waals surface area contributed by atoms with E-state index >= 15 is 0 Å². The van der Waals surface area contributed by atoms with Crippen molar-refractivity contribution in [3.63, 3.8) is 0 Å². The smallest absolute Gasteiger partial charge is 0 e. The zero-order chi connectivity index (χ0) is 9.45. The highest BCUT2D eigenvalue weighted by atomic mass is 14.3. The topological polar surface area (TPSA) is 0 Å². The van der Waals surface area contributed by atoms with Gasteiger partial charge in [-0.25, -0.2) is 0 Å². The fourth-order valence-electron chi connectivity index (χ4n) is 1.96. The second kappa shape index (κ2) is 6.28. The Morgan fingerprint density at radius 1 is 1.25 bits per heavy atom. The van der Waals surface area contributed by atoms with Crippen LogP contribution in [0.5, 0.6) is 0 Å². The van der Waals surface area contributed by atoms with Crippen molar-refractivity contribution in [1.29, 1.82) is 0 Å². The van der Waals surface area contributed by atoms with Gasteiger partial charge in [0.05, 0.1) is 0 Å². The van der Waals surface area contributed by atoms with Gasteiger partial charge in [-0.05, 0) is 24.7 Å². The third kappa shape index (κ3) is 3.00. The summed E-state index contributed by atoms with van der Waals surface area (Å²) in [7, 11) is 0. The predicted octanol–water partition coefficient (Wildman–Crippen LogP) is 4.81. The van der Waals surface area contributed by atoms with Crippen LogP contribution in [0.15, 0.2) is 12.7 Å². The van der Waals surface area contributed by atoms with Gasteiger partial charge in [0.1, 0.15) is 0 Å². The first-order chi connectivity index (χ1) is 5.83. The highest BCUT2D eigenvalue weighted by Crippen LogP contribution is 2.39. The van der Waals surface area contributed by atoms with Crippen LogP contribution >= 0.6 is 0 Å². The van der Waals surface area contributed by atoms with Crippen molar-refractivity contribution < 1.29 is 1.43 Å². The SMILES string of the molecule is C=CC1(CC)CCCCC1.CC.[HH]. The normalized spacial score (nSPS) is 20.6. The van der Waals surface area contributed by atoms with Gasteiger partial charge >= 0.3 is 0 Å². The first-order valence-corrected chi connectivity index (χ1v) is 5.46. The van der Waals surface area contributed by atoms with Gasteiger partial charge in [0.15, 0.2) is 0 Å². The molecule has 0 atom stereocenters. The molecule has 12 heavy (non-hydrogen) atoms. The average molecular weight is 170 g/mol. The Balaban J connectivity index is 0. The van der Waals surface area contributed by atoms with Crippen molar-refractivity contribution in [2.75, 3.05) is 0 Å². The van der Waals surface area contributed by atoms with E-state index in [1.165, 1.54) is 38.5 Å². The summed E-state index contributed by atoms with van der Waals surface area (Å²) in [6.07, 6.45) is 10.5. The zero-order valence-electron chi connectivity index (χ0n) is 9.03. The summed E-state index contributed by atoms with van der Waals surface area (Å²) in [6.45, 7) is 10.2. The van der Waals surface area contributed by atoms with E-state index in [0.717, 1.165) is 0 Å². The Labute approximate surface area is 79.5 Å². The maximum Gasteiger partial charge on any atom is 0 e. The van der Waals surface area contributed by atoms with Crippen LogP contribution in [0.1, 0.15) is 60.7 Å². The lowest BCUT2D eigenvalue weighted by Gasteiger charge is -2.33. The average Bonchev–Trinajstić information content (AvgIpc) is 2.22. The van der Waals surface area contributed by atoms with E-state index in [-0.39, 0.29) is 1.43 Å². The predicted molar refractivity (Wildman–Crippen MR) is 59.5 cm³/mol. The Morgan fingerprint density at radius 2 is 1.75 bits per heavy atom. The molecule has 0 N–H and O–H groups in total. The molecule has 0 heteroatoms. The van der Waals surface area contributed by atoms with E-state index < -0.39 is 0 Å². The zero-order valence-corrected chi connectivity index (χ0v) is 9.03. The summed E-state index contributed by atoms with van der Waals surface area (Å²) < 4.78 is 0. The van der Waals surface area contributed by atoms with E-state index in [0.29, 0.717) is 5.41 Å². The van der Waals surface area contributed by atoms with Gasteiger partial charge in [-0.15, -0.1) is 6.58 Å². The maximum absolute atomic E-state index is 3.93. The first-order valence-electron chi connectivity index (χ1n) is 5.46. The number of rotatable bonds is 2. The van der Waals surface area contributed by atoms with Gasteiger partial charge in [0.2, 0.25) is 0 Å². The fourth-order valence-corrected chi connectivity index (χ4v) is 1.96. The molecule has 0 spiro atoms. The lowest BCUT2D eigenvalue weighted by Crippen LogP contribution is -2.19. The molecule has 1 aliphatic rings. The van der Waals surface area contributed by atoms with Gasteiger partial charge in [0, 0.05) is 1.43 Å². The molecule has 0 amide bonds. The first kappa shape index (κ1) is 11.7. The summed E-state index contributed by atoms with van der Waals surface area (Å²) in [4.78, 5) is 0. The highest BCUT2D eigenvalue weighted by molar-refractivity contribution is 4.95. The largest absolute Gasteiger partial charge is 0.103 e. The van der Waals surface area contributed by atoms with Crippen molar-refractivity contribution in [3.05, 3.63) is 12.7 Å². The Hall–Kier alpha value is -0.260. The van der Waals surface area contributed by atoms with Crippen LogP contribution in [0.2, 0.25) is 0 Å². The third-order valence-electron chi connectivity index (χ3n) is 2.99. The van der Waals surface area contributed by atoms with Gasteiger partial charge in [-0.1, -0.05) is 46.1 Å². The minimum Gasteiger partial charge on any atom is -0.103 e. The van der Waals surface area contributed by atoms with Crippen molar-refractivity contribution in [3.8, 4) is 0 Å². The Morgan fingerprint density at radius 3 is 2.00 bits per heavy atom. The summed E-state index contributed by atoms with van der Waals surface area (Å²) in [5.41, 5.74) is 0.526. The molecule has 0 aromatic rings. The van der Waals surface area contributed by atoms with Crippen molar-refractivity contribution >= 4 is 0 Å². The third-order valence-corrected chi connectivity index (χ3v) is 2.99. The molecule has 1 aliphatic carbocycles.